The van der Waals surface area contributed by atoms with Crippen LogP contribution in [0.15, 0.2) is 16.8 Å². The second-order valence-electron chi connectivity index (χ2n) is 3.28. The number of urea groups is 1. The molecule has 0 aliphatic carbocycles. The van der Waals surface area contributed by atoms with Gasteiger partial charge < -0.3 is 15.7 Å². The molecule has 0 saturated carbocycles. The van der Waals surface area contributed by atoms with Crippen LogP contribution >= 0.6 is 23.1 Å². The van der Waals surface area contributed by atoms with Crippen LogP contribution in [0.5, 0.6) is 0 Å². The first kappa shape index (κ1) is 13.3. The molecule has 1 unspecified atom stereocenters. The Morgan fingerprint density at radius 3 is 3.06 bits per heavy atom. The van der Waals surface area contributed by atoms with Gasteiger partial charge in [-0.05, 0) is 24.1 Å². The lowest BCUT2D eigenvalue weighted by atomic mass is 10.2. The van der Waals surface area contributed by atoms with Gasteiger partial charge in [0.05, 0.1) is 5.69 Å². The van der Waals surface area contributed by atoms with Crippen LogP contribution in [-0.2, 0) is 0 Å². The van der Waals surface area contributed by atoms with Crippen molar-refractivity contribution in [3.63, 3.8) is 0 Å². The fourth-order valence-corrected chi connectivity index (χ4v) is 2.48. The van der Waals surface area contributed by atoms with E-state index in [0.717, 1.165) is 11.4 Å². The highest BCUT2D eigenvalue weighted by Gasteiger charge is 2.11. The molecular formula is C10H16N2O2S2. The second kappa shape index (κ2) is 7.54. The van der Waals surface area contributed by atoms with E-state index in [0.29, 0.717) is 6.42 Å². The predicted molar refractivity (Wildman–Crippen MR) is 70.3 cm³/mol. The monoisotopic (exact) mass is 260 g/mol. The number of rotatable bonds is 6. The van der Waals surface area contributed by atoms with Crippen molar-refractivity contribution in [2.75, 3.05) is 23.9 Å². The number of carbonyl (C=O) groups excluding carboxylic acids is 1. The molecule has 0 aliphatic heterocycles. The summed E-state index contributed by atoms with van der Waals surface area (Å²) in [4.78, 5) is 11.6. The third-order valence-corrected chi connectivity index (χ3v) is 3.38. The number of thiophene rings is 1. The van der Waals surface area contributed by atoms with Gasteiger partial charge in [-0.1, -0.05) is 0 Å². The van der Waals surface area contributed by atoms with E-state index in [4.69, 9.17) is 5.11 Å². The maximum absolute atomic E-state index is 11.6. The number of aliphatic hydroxyl groups is 1. The van der Waals surface area contributed by atoms with Gasteiger partial charge >= 0.3 is 6.03 Å². The zero-order valence-electron chi connectivity index (χ0n) is 9.10. The van der Waals surface area contributed by atoms with Crippen molar-refractivity contribution in [2.45, 2.75) is 12.5 Å². The first-order chi connectivity index (χ1) is 7.76. The van der Waals surface area contributed by atoms with E-state index in [1.165, 1.54) is 11.3 Å². The van der Waals surface area contributed by atoms with E-state index >= 15 is 0 Å². The molecule has 0 saturated heterocycles. The summed E-state index contributed by atoms with van der Waals surface area (Å²) in [5, 5.41) is 18.2. The maximum atomic E-state index is 11.6. The van der Waals surface area contributed by atoms with E-state index in [1.54, 1.807) is 11.8 Å². The Hall–Kier alpha value is -0.720. The minimum absolute atomic E-state index is 0.0126. The maximum Gasteiger partial charge on any atom is 0.319 e. The van der Waals surface area contributed by atoms with Crippen molar-refractivity contribution >= 4 is 34.8 Å². The highest BCUT2D eigenvalue weighted by atomic mass is 32.2. The van der Waals surface area contributed by atoms with Crippen molar-refractivity contribution in [1.29, 1.82) is 0 Å². The first-order valence-corrected chi connectivity index (χ1v) is 7.29. The number of thioether (sulfide) groups is 1. The zero-order chi connectivity index (χ0) is 11.8. The van der Waals surface area contributed by atoms with Crippen LogP contribution in [0.1, 0.15) is 6.42 Å². The number of nitrogens with one attached hydrogen (secondary N) is 2. The Morgan fingerprint density at radius 1 is 1.69 bits per heavy atom. The molecule has 6 heteroatoms. The molecule has 1 rings (SSSR count). The van der Waals surface area contributed by atoms with Gasteiger partial charge in [-0.15, -0.1) is 0 Å². The van der Waals surface area contributed by atoms with Gasteiger partial charge in [-0.3, -0.25) is 0 Å². The molecule has 3 N–H and O–H groups in total. The molecule has 1 atom stereocenters. The number of amides is 2. The molecular weight excluding hydrogens is 244 g/mol. The molecule has 0 radical (unpaired) electrons. The second-order valence-corrected chi connectivity index (χ2v) is 4.97. The molecule has 0 aliphatic rings. The lowest BCUT2D eigenvalue weighted by Gasteiger charge is -2.16. The molecule has 90 valence electrons. The lowest BCUT2D eigenvalue weighted by Crippen LogP contribution is -2.40. The van der Waals surface area contributed by atoms with Gasteiger partial charge in [0.25, 0.3) is 0 Å². The summed E-state index contributed by atoms with van der Waals surface area (Å²) in [5.41, 5.74) is 0.800. The Labute approximate surface area is 103 Å². The van der Waals surface area contributed by atoms with E-state index in [1.807, 2.05) is 23.1 Å². The summed E-state index contributed by atoms with van der Waals surface area (Å²) in [7, 11) is 0. The zero-order valence-corrected chi connectivity index (χ0v) is 10.7. The number of anilines is 1. The van der Waals surface area contributed by atoms with Crippen molar-refractivity contribution in [3.05, 3.63) is 16.8 Å². The third-order valence-electron chi connectivity index (χ3n) is 1.96. The SMILES string of the molecule is CSCC(CCO)NC(=O)Nc1ccsc1. The summed E-state index contributed by atoms with van der Waals surface area (Å²) in [6.45, 7) is 0.0873. The van der Waals surface area contributed by atoms with Gasteiger partial charge in [0, 0.05) is 23.8 Å². The van der Waals surface area contributed by atoms with Crippen molar-refractivity contribution in [1.82, 2.24) is 5.32 Å². The Balaban J connectivity index is 2.35. The molecule has 16 heavy (non-hydrogen) atoms. The van der Waals surface area contributed by atoms with Crippen LogP contribution in [0.2, 0.25) is 0 Å². The fourth-order valence-electron chi connectivity index (χ4n) is 1.24. The van der Waals surface area contributed by atoms with Crippen molar-refractivity contribution in [3.8, 4) is 0 Å². The summed E-state index contributed by atoms with van der Waals surface area (Å²) < 4.78 is 0. The number of carbonyl (C=O) groups is 1. The molecule has 0 spiro atoms. The Kier molecular flexibility index (Phi) is 6.29. The third kappa shape index (κ3) is 4.87. The molecule has 1 aromatic rings. The molecule has 2 amide bonds. The average Bonchev–Trinajstić information content (AvgIpc) is 2.71. The molecule has 0 fully saturated rings. The molecule has 0 aromatic carbocycles. The minimum Gasteiger partial charge on any atom is -0.396 e. The average molecular weight is 260 g/mol. The summed E-state index contributed by atoms with van der Waals surface area (Å²) in [5.74, 6) is 0.803. The number of hydrogen-bond donors (Lipinski definition) is 3. The van der Waals surface area contributed by atoms with Crippen LogP contribution in [0.25, 0.3) is 0 Å². The van der Waals surface area contributed by atoms with E-state index in [-0.39, 0.29) is 18.7 Å². The van der Waals surface area contributed by atoms with Crippen LogP contribution < -0.4 is 10.6 Å². The molecule has 4 nitrogen and oxygen atoms in total. The highest BCUT2D eigenvalue weighted by Crippen LogP contribution is 2.11. The van der Waals surface area contributed by atoms with Gasteiger partial charge in [0.2, 0.25) is 0 Å². The number of aliphatic hydroxyl groups excluding tert-OH is 1. The first-order valence-electron chi connectivity index (χ1n) is 4.95. The van der Waals surface area contributed by atoms with Crippen LogP contribution in [0.3, 0.4) is 0 Å². The van der Waals surface area contributed by atoms with E-state index < -0.39 is 0 Å². The quantitative estimate of drug-likeness (QED) is 0.733. The molecule has 0 bridgehead atoms. The van der Waals surface area contributed by atoms with Gasteiger partial charge in [0.1, 0.15) is 0 Å². The fraction of sp³-hybridized carbons (Fsp3) is 0.500. The molecule has 1 heterocycles. The normalized spacial score (nSPS) is 12.1. The Morgan fingerprint density at radius 2 is 2.50 bits per heavy atom. The van der Waals surface area contributed by atoms with Gasteiger partial charge in [0.15, 0.2) is 0 Å². The van der Waals surface area contributed by atoms with Crippen LogP contribution in [-0.4, -0.2) is 35.8 Å². The van der Waals surface area contributed by atoms with Crippen LogP contribution in [0.4, 0.5) is 10.5 Å². The Bertz CT molecular complexity index is 298. The highest BCUT2D eigenvalue weighted by molar-refractivity contribution is 7.98. The lowest BCUT2D eigenvalue weighted by molar-refractivity contribution is 0.241. The van der Waals surface area contributed by atoms with E-state index in [9.17, 15) is 4.79 Å². The standard InChI is InChI=1S/C10H16N2O2S2/c1-15-6-8(2-4-13)11-10(14)12-9-3-5-16-7-9/h3,5,7-8,13H,2,4,6H2,1H3,(H2,11,12,14). The summed E-state index contributed by atoms with van der Waals surface area (Å²) in [6.07, 6.45) is 2.56. The van der Waals surface area contributed by atoms with Gasteiger partial charge in [-0.25, -0.2) is 4.79 Å². The van der Waals surface area contributed by atoms with Crippen molar-refractivity contribution in [2.24, 2.45) is 0 Å². The van der Waals surface area contributed by atoms with E-state index in [2.05, 4.69) is 10.6 Å². The minimum atomic E-state index is -0.217. The summed E-state index contributed by atoms with van der Waals surface area (Å²) in [6, 6.07) is 1.64. The smallest absolute Gasteiger partial charge is 0.319 e. The number of hydrogen-bond acceptors (Lipinski definition) is 4. The van der Waals surface area contributed by atoms with Crippen LogP contribution in [0, 0.1) is 0 Å². The summed E-state index contributed by atoms with van der Waals surface area (Å²) >= 11 is 3.18. The molecule has 1 aromatic heterocycles. The van der Waals surface area contributed by atoms with Crippen molar-refractivity contribution < 1.29 is 9.90 Å². The topological polar surface area (TPSA) is 61.4 Å². The largest absolute Gasteiger partial charge is 0.396 e. The van der Waals surface area contributed by atoms with Gasteiger partial charge in [-0.2, -0.15) is 23.1 Å². The predicted octanol–water partition coefficient (Wildman–Crippen LogP) is 1.98.